The minimum Gasteiger partial charge on any atom is -0.249 e. The van der Waals surface area contributed by atoms with Gasteiger partial charge in [0.2, 0.25) is 0 Å². The van der Waals surface area contributed by atoms with E-state index in [4.69, 9.17) is 6.42 Å². The highest BCUT2D eigenvalue weighted by molar-refractivity contribution is 7.09. The Kier molecular flexibility index (Phi) is 1.67. The van der Waals surface area contributed by atoms with E-state index in [1.807, 2.05) is 5.51 Å². The molecular weight excluding hydrogens is 154 g/mol. The number of nitrogens with zero attached hydrogens (tertiary/aromatic N) is 1. The molecule has 0 N–H and O–H groups in total. The first kappa shape index (κ1) is 6.87. The summed E-state index contributed by atoms with van der Waals surface area (Å²) in [5, 5.41) is 0. The molecule has 0 unspecified atom stereocenters. The average Bonchev–Trinajstić information content (AvgIpc) is 2.75. The molecule has 2 heteroatoms. The molecule has 1 aromatic heterocycles. The van der Waals surface area contributed by atoms with Gasteiger partial charge in [0.15, 0.2) is 0 Å². The van der Waals surface area contributed by atoms with Crippen molar-refractivity contribution in [2.24, 2.45) is 0 Å². The van der Waals surface area contributed by atoms with Gasteiger partial charge in [0.25, 0.3) is 0 Å². The summed E-state index contributed by atoms with van der Waals surface area (Å²) in [6, 6.07) is 0. The van der Waals surface area contributed by atoms with Crippen LogP contribution in [0.2, 0.25) is 0 Å². The minimum atomic E-state index is 0.740. The third-order valence-corrected chi connectivity index (χ3v) is 2.75. The van der Waals surface area contributed by atoms with Gasteiger partial charge in [-0.3, -0.25) is 0 Å². The summed E-state index contributed by atoms with van der Waals surface area (Å²) in [5.74, 6) is 3.40. The topological polar surface area (TPSA) is 12.9 Å². The van der Waals surface area contributed by atoms with Crippen molar-refractivity contribution >= 4 is 11.3 Å². The van der Waals surface area contributed by atoms with Crippen molar-refractivity contribution in [3.63, 3.8) is 0 Å². The van der Waals surface area contributed by atoms with E-state index in [0.29, 0.717) is 0 Å². The molecule has 0 atom stereocenters. The summed E-state index contributed by atoms with van der Waals surface area (Å²) in [4.78, 5) is 5.62. The number of hydrogen-bond donors (Lipinski definition) is 0. The second-order valence-corrected chi connectivity index (χ2v) is 3.76. The van der Waals surface area contributed by atoms with Gasteiger partial charge in [0.1, 0.15) is 0 Å². The van der Waals surface area contributed by atoms with E-state index in [1.54, 1.807) is 11.3 Å². The smallest absolute Gasteiger partial charge is 0.0798 e. The molecule has 0 aliphatic heterocycles. The predicted molar refractivity (Wildman–Crippen MR) is 46.6 cm³/mol. The Labute approximate surface area is 70.5 Å². The highest BCUT2D eigenvalue weighted by Gasteiger charge is 2.27. The molecule has 0 radical (unpaired) electrons. The van der Waals surface area contributed by atoms with Crippen LogP contribution in [-0.4, -0.2) is 4.98 Å². The predicted octanol–water partition coefficient (Wildman–Crippen LogP) is 2.20. The first-order valence-electron chi connectivity index (χ1n) is 3.77. The van der Waals surface area contributed by atoms with Crippen molar-refractivity contribution in [2.45, 2.75) is 25.2 Å². The largest absolute Gasteiger partial charge is 0.249 e. The maximum atomic E-state index is 5.24. The Morgan fingerprint density at radius 2 is 2.55 bits per heavy atom. The molecule has 0 bridgehead atoms. The standard InChI is InChI=1S/C9H9NS/c1-2-3-8-9(7-4-5-7)10-6-11-8/h1,6-7H,3-5H2. The van der Waals surface area contributed by atoms with Crippen molar-refractivity contribution in [1.82, 2.24) is 4.98 Å². The lowest BCUT2D eigenvalue weighted by atomic mass is 10.2. The number of thiazole rings is 1. The molecule has 1 aromatic rings. The summed E-state index contributed by atoms with van der Waals surface area (Å²) in [7, 11) is 0. The van der Waals surface area contributed by atoms with E-state index >= 15 is 0 Å². The number of terminal acetylenes is 1. The fourth-order valence-electron chi connectivity index (χ4n) is 1.19. The molecule has 0 spiro atoms. The lowest BCUT2D eigenvalue weighted by molar-refractivity contribution is 1.02. The third-order valence-electron chi connectivity index (χ3n) is 1.90. The molecule has 1 nitrogen and oxygen atoms in total. The Balaban J connectivity index is 2.24. The van der Waals surface area contributed by atoms with Gasteiger partial charge >= 0.3 is 0 Å². The molecular formula is C9H9NS. The van der Waals surface area contributed by atoms with Crippen molar-refractivity contribution in [3.8, 4) is 12.3 Å². The maximum Gasteiger partial charge on any atom is 0.0798 e. The van der Waals surface area contributed by atoms with Crippen LogP contribution in [0.25, 0.3) is 0 Å². The quantitative estimate of drug-likeness (QED) is 0.609. The van der Waals surface area contributed by atoms with Gasteiger partial charge in [0.05, 0.1) is 11.2 Å². The van der Waals surface area contributed by atoms with Crippen LogP contribution in [0.1, 0.15) is 29.3 Å². The molecule has 0 saturated heterocycles. The Morgan fingerprint density at radius 3 is 3.18 bits per heavy atom. The summed E-state index contributed by atoms with van der Waals surface area (Å²) in [5.41, 5.74) is 3.17. The molecule has 56 valence electrons. The van der Waals surface area contributed by atoms with E-state index in [2.05, 4.69) is 10.9 Å². The van der Waals surface area contributed by atoms with E-state index in [1.165, 1.54) is 23.4 Å². The van der Waals surface area contributed by atoms with Crippen LogP contribution < -0.4 is 0 Å². The third kappa shape index (κ3) is 1.29. The second kappa shape index (κ2) is 2.67. The van der Waals surface area contributed by atoms with E-state index < -0.39 is 0 Å². The zero-order valence-corrected chi connectivity index (χ0v) is 7.03. The zero-order chi connectivity index (χ0) is 7.68. The monoisotopic (exact) mass is 163 g/mol. The van der Waals surface area contributed by atoms with Crippen molar-refractivity contribution in [3.05, 3.63) is 16.1 Å². The van der Waals surface area contributed by atoms with Crippen LogP contribution in [0.4, 0.5) is 0 Å². The number of rotatable bonds is 2. The normalized spacial score (nSPS) is 16.3. The van der Waals surface area contributed by atoms with E-state index in [0.717, 1.165) is 12.3 Å². The summed E-state index contributed by atoms with van der Waals surface area (Å²) < 4.78 is 0. The Hall–Kier alpha value is -0.810. The minimum absolute atomic E-state index is 0.740. The number of hydrogen-bond acceptors (Lipinski definition) is 2. The molecule has 2 rings (SSSR count). The molecule has 0 aromatic carbocycles. The molecule has 0 amide bonds. The first-order valence-corrected chi connectivity index (χ1v) is 4.65. The van der Waals surface area contributed by atoms with Crippen molar-refractivity contribution < 1.29 is 0 Å². The molecule has 1 saturated carbocycles. The Morgan fingerprint density at radius 1 is 1.73 bits per heavy atom. The van der Waals surface area contributed by atoms with Crippen LogP contribution in [0, 0.1) is 12.3 Å². The number of aromatic nitrogens is 1. The van der Waals surface area contributed by atoms with Gasteiger partial charge < -0.3 is 0 Å². The first-order chi connectivity index (χ1) is 5.42. The molecule has 1 aliphatic carbocycles. The van der Waals surface area contributed by atoms with Crippen molar-refractivity contribution in [2.75, 3.05) is 0 Å². The molecule has 1 heterocycles. The highest BCUT2D eigenvalue weighted by Crippen LogP contribution is 2.41. The van der Waals surface area contributed by atoms with Gasteiger partial charge in [-0.25, -0.2) is 4.98 Å². The van der Waals surface area contributed by atoms with Gasteiger partial charge in [-0.15, -0.1) is 23.7 Å². The SMILES string of the molecule is C#CCc1scnc1C1CC1. The maximum absolute atomic E-state index is 5.24. The van der Waals surface area contributed by atoms with Crippen LogP contribution in [0.5, 0.6) is 0 Å². The van der Waals surface area contributed by atoms with Crippen LogP contribution in [0.3, 0.4) is 0 Å². The molecule has 1 fully saturated rings. The highest BCUT2D eigenvalue weighted by atomic mass is 32.1. The lowest BCUT2D eigenvalue weighted by Gasteiger charge is -1.92. The Bertz CT molecular complexity index is 291. The van der Waals surface area contributed by atoms with Crippen molar-refractivity contribution in [1.29, 1.82) is 0 Å². The van der Waals surface area contributed by atoms with Gasteiger partial charge in [-0.05, 0) is 12.8 Å². The molecule has 1 aliphatic rings. The van der Waals surface area contributed by atoms with Gasteiger partial charge in [-0.1, -0.05) is 0 Å². The average molecular weight is 163 g/mol. The zero-order valence-electron chi connectivity index (χ0n) is 6.21. The summed E-state index contributed by atoms with van der Waals surface area (Å²) in [6.07, 6.45) is 8.61. The fraction of sp³-hybridized carbons (Fsp3) is 0.444. The summed E-state index contributed by atoms with van der Waals surface area (Å²) >= 11 is 1.69. The lowest BCUT2D eigenvalue weighted by Crippen LogP contribution is -1.85. The van der Waals surface area contributed by atoms with E-state index in [-0.39, 0.29) is 0 Å². The van der Waals surface area contributed by atoms with Crippen LogP contribution in [-0.2, 0) is 6.42 Å². The fourth-order valence-corrected chi connectivity index (χ4v) is 1.99. The van der Waals surface area contributed by atoms with Crippen LogP contribution >= 0.6 is 11.3 Å². The second-order valence-electron chi connectivity index (χ2n) is 2.82. The molecule has 11 heavy (non-hydrogen) atoms. The van der Waals surface area contributed by atoms with Gasteiger partial charge in [-0.2, -0.15) is 0 Å². The van der Waals surface area contributed by atoms with E-state index in [9.17, 15) is 0 Å². The summed E-state index contributed by atoms with van der Waals surface area (Å²) in [6.45, 7) is 0. The van der Waals surface area contributed by atoms with Gasteiger partial charge in [0, 0.05) is 17.2 Å². The van der Waals surface area contributed by atoms with Crippen LogP contribution in [0.15, 0.2) is 5.51 Å².